The van der Waals surface area contributed by atoms with E-state index < -0.39 is 94.7 Å². The minimum absolute atomic E-state index is 0.0183. The van der Waals surface area contributed by atoms with Gasteiger partial charge in [0.1, 0.15) is 88.7 Å². The quantitative estimate of drug-likeness (QED) is 0.0565. The van der Waals surface area contributed by atoms with E-state index in [4.69, 9.17) is 52.4 Å². The summed E-state index contributed by atoms with van der Waals surface area (Å²) in [6.07, 6.45) is 23.0. The zero-order valence-electron chi connectivity index (χ0n) is 83.0. The van der Waals surface area contributed by atoms with Crippen molar-refractivity contribution in [1.29, 1.82) is 0 Å². The van der Waals surface area contributed by atoms with Gasteiger partial charge in [0, 0.05) is 178 Å². The van der Waals surface area contributed by atoms with Crippen LogP contribution in [0.4, 0.5) is 48.7 Å². The number of carbonyl (C=O) groups excluding carboxylic acids is 2. The third-order valence-electron chi connectivity index (χ3n) is 35.3. The molecule has 0 aromatic heterocycles. The summed E-state index contributed by atoms with van der Waals surface area (Å²) in [5, 5.41) is 3.09. The molecule has 5 aromatic rings. The summed E-state index contributed by atoms with van der Waals surface area (Å²) in [5.41, 5.74) is 36.8. The molecule has 776 valence electrons. The van der Waals surface area contributed by atoms with Gasteiger partial charge in [-0.15, -0.1) is 0 Å². The molecule has 4 spiro atoms. The van der Waals surface area contributed by atoms with Gasteiger partial charge in [-0.1, -0.05) is 0 Å². The maximum absolute atomic E-state index is 14.2. The molecule has 11 N–H and O–H groups in total. The number of hydrogen-bond acceptors (Lipinski definition) is 20. The smallest absolute Gasteiger partial charge is 0.321 e. The number of amides is 3. The van der Waals surface area contributed by atoms with E-state index in [1.54, 1.807) is 6.92 Å². The van der Waals surface area contributed by atoms with Gasteiger partial charge in [-0.05, 0) is 353 Å². The molecular formula is C108H152F10N16O7. The molecule has 15 atom stereocenters. The van der Waals surface area contributed by atoms with E-state index in [1.807, 2.05) is 9.80 Å². The topological polar surface area (TPSA) is 255 Å². The first-order valence-electron chi connectivity index (χ1n) is 52.8. The highest BCUT2D eigenvalue weighted by atomic mass is 19.2. The molecule has 15 heterocycles. The molecule has 3 amide bonds. The number of likely N-dealkylation sites (tertiary alicyclic amines) is 8. The van der Waals surface area contributed by atoms with Crippen molar-refractivity contribution < 1.29 is 77.2 Å². The maximum Gasteiger partial charge on any atom is 0.321 e. The number of nitrogens with zero attached hydrogens (tertiary/aromatic N) is 10. The highest BCUT2D eigenvalue weighted by molar-refractivity contribution is 5.77. The third-order valence-corrected chi connectivity index (χ3v) is 35.3. The van der Waals surface area contributed by atoms with Crippen molar-refractivity contribution in [3.05, 3.63) is 188 Å². The molecule has 2 saturated carbocycles. The van der Waals surface area contributed by atoms with Crippen LogP contribution in [0.1, 0.15) is 233 Å². The summed E-state index contributed by atoms with van der Waals surface area (Å²) in [4.78, 5) is 48.1. The predicted molar refractivity (Wildman–Crippen MR) is 520 cm³/mol. The molecular weight excluding hydrogens is 1820 g/mol. The molecule has 33 heteroatoms. The molecule has 0 radical (unpaired) electrons. The molecule has 2 aliphatic carbocycles. The molecule has 5 aromatic carbocycles. The molecule has 13 saturated heterocycles. The number of benzene rings is 5. The van der Waals surface area contributed by atoms with Gasteiger partial charge in [-0.25, -0.2) is 48.7 Å². The first-order chi connectivity index (χ1) is 67.7. The fourth-order valence-corrected chi connectivity index (χ4v) is 26.2. The number of urea groups is 1. The fourth-order valence-electron chi connectivity index (χ4n) is 26.2. The molecule has 17 aliphatic rings. The van der Waals surface area contributed by atoms with Crippen LogP contribution in [0.5, 0.6) is 0 Å². The Morgan fingerprint density at radius 3 is 1.01 bits per heavy atom. The summed E-state index contributed by atoms with van der Waals surface area (Å²) in [7, 11) is 2.19. The Bertz CT molecular complexity index is 5110. The molecule has 23 nitrogen and oxygen atoms in total. The first kappa shape index (κ1) is 104. The maximum atomic E-state index is 14.2. The molecule has 15 fully saturated rings. The Labute approximate surface area is 826 Å². The van der Waals surface area contributed by atoms with E-state index in [2.05, 4.69) is 65.4 Å². The van der Waals surface area contributed by atoms with Crippen molar-refractivity contribution in [2.75, 3.05) is 164 Å². The molecule has 0 unspecified atom stereocenters. The number of carbonyl (C=O) groups is 2. The van der Waals surface area contributed by atoms with Crippen LogP contribution in [0.15, 0.2) is 102 Å². The summed E-state index contributed by atoms with van der Waals surface area (Å²) in [6.45, 7) is 29.1. The molecule has 141 heavy (non-hydrogen) atoms. The third kappa shape index (κ3) is 24.7. The van der Waals surface area contributed by atoms with Crippen LogP contribution in [-0.4, -0.2) is 298 Å². The Morgan fingerprint density at radius 2 is 0.695 bits per heavy atom. The van der Waals surface area contributed by atoms with Crippen LogP contribution in [0.3, 0.4) is 0 Å². The minimum atomic E-state index is -0.653. The van der Waals surface area contributed by atoms with Crippen molar-refractivity contribution >= 4 is 11.9 Å². The molecule has 22 rings (SSSR count). The number of hydrogen-bond donors (Lipinski definition) is 6. The van der Waals surface area contributed by atoms with Crippen molar-refractivity contribution in [2.24, 2.45) is 56.2 Å². The lowest BCUT2D eigenvalue weighted by atomic mass is 9.77. The Balaban J connectivity index is 0.000000117. The lowest BCUT2D eigenvalue weighted by Crippen LogP contribution is -2.50. The van der Waals surface area contributed by atoms with Crippen LogP contribution in [-0.2, 0) is 28.5 Å². The second kappa shape index (κ2) is 45.0. The van der Waals surface area contributed by atoms with Gasteiger partial charge in [0.05, 0.1) is 39.1 Å². The van der Waals surface area contributed by atoms with Crippen molar-refractivity contribution in [3.8, 4) is 0 Å². The summed E-state index contributed by atoms with van der Waals surface area (Å²) >= 11 is 0. The summed E-state index contributed by atoms with van der Waals surface area (Å²) in [5.74, 6) is -3.51. The zero-order chi connectivity index (χ0) is 98.9. The fraction of sp³-hybridized carbons (Fsp3) is 0.685. The van der Waals surface area contributed by atoms with Crippen LogP contribution in [0.2, 0.25) is 0 Å². The van der Waals surface area contributed by atoms with E-state index in [-0.39, 0.29) is 99.5 Å². The van der Waals surface area contributed by atoms with Crippen LogP contribution in [0.25, 0.3) is 0 Å². The number of nitrogens with one attached hydrogen (secondary N) is 1. The average Bonchev–Trinajstić information content (AvgIpc) is 1.61. The van der Waals surface area contributed by atoms with Gasteiger partial charge in [0.2, 0.25) is 5.91 Å². The van der Waals surface area contributed by atoms with Gasteiger partial charge < -0.3 is 82.2 Å². The normalized spacial score (nSPS) is 31.6. The lowest BCUT2D eigenvalue weighted by Gasteiger charge is -2.43. The SMILES string of the molecule is CC(=O)N1CCC2(CC1)CCN([C@H]1CO[C@H](c3cc(F)ccc3F)[C@@H](N)C1)C2.CC(C)N1CCC2(CC1)CCN([C@H]1CO[C@H](c3cc(F)ccc3F)[C@@H](N)C1)C2.CN1CCC2(CC1)CCN([C@H]1CO[C@H](c3cc(F)ccc3F)[C@@H](N)C1)C2.N[C@H]1C[C@@H](N2CCC3(CCN(CC4CC4)CC3)C2)CO[C@@H]1c1cc(F)ccc1F.N[C@H]1C[C@@H](N2CCC3=C2CCCN3C(=O)NC2CC2)CO[C@@H]1c1cc(F)ccc1F. The Kier molecular flexibility index (Phi) is 33.2. The highest BCUT2D eigenvalue weighted by Crippen LogP contribution is 2.50. The average molecular weight is 1980 g/mol. The lowest BCUT2D eigenvalue weighted by molar-refractivity contribution is -0.131. The van der Waals surface area contributed by atoms with E-state index in [9.17, 15) is 53.5 Å². The molecule has 0 bridgehead atoms. The number of piperidine rings is 4. The van der Waals surface area contributed by atoms with E-state index >= 15 is 0 Å². The highest BCUT2D eigenvalue weighted by Gasteiger charge is 2.52. The Hall–Kier alpha value is -7.00. The number of ether oxygens (including phenoxy) is 5. The van der Waals surface area contributed by atoms with Crippen molar-refractivity contribution in [3.63, 3.8) is 0 Å². The molecule has 15 aliphatic heterocycles. The van der Waals surface area contributed by atoms with E-state index in [0.29, 0.717) is 74.2 Å². The summed E-state index contributed by atoms with van der Waals surface area (Å²) < 4.78 is 168. The van der Waals surface area contributed by atoms with Crippen LogP contribution >= 0.6 is 0 Å². The second-order valence-electron chi connectivity index (χ2n) is 45.2. The van der Waals surface area contributed by atoms with Crippen molar-refractivity contribution in [2.45, 2.75) is 278 Å². The van der Waals surface area contributed by atoms with Gasteiger partial charge in [-0.2, -0.15) is 0 Å². The second-order valence-corrected chi connectivity index (χ2v) is 45.2. The minimum Gasteiger partial charge on any atom is -0.370 e. The van der Waals surface area contributed by atoms with Crippen LogP contribution in [0, 0.1) is 85.8 Å². The van der Waals surface area contributed by atoms with Gasteiger partial charge >= 0.3 is 6.03 Å². The monoisotopic (exact) mass is 1980 g/mol. The Morgan fingerprint density at radius 1 is 0.383 bits per heavy atom. The zero-order valence-corrected chi connectivity index (χ0v) is 83.0. The predicted octanol–water partition coefficient (Wildman–Crippen LogP) is 14.6. The number of rotatable bonds is 14. The number of nitrogens with two attached hydrogens (primary N) is 5. The van der Waals surface area contributed by atoms with E-state index in [1.165, 1.54) is 152 Å². The van der Waals surface area contributed by atoms with Gasteiger partial charge in [-0.3, -0.25) is 29.3 Å². The van der Waals surface area contributed by atoms with Gasteiger partial charge in [0.15, 0.2) is 0 Å². The largest absolute Gasteiger partial charge is 0.370 e. The van der Waals surface area contributed by atoms with Gasteiger partial charge in [0.25, 0.3) is 0 Å². The van der Waals surface area contributed by atoms with Crippen molar-refractivity contribution in [1.82, 2.24) is 54.3 Å². The first-order valence-corrected chi connectivity index (χ1v) is 52.8. The number of allylic oxidation sites excluding steroid dienone is 1. The summed E-state index contributed by atoms with van der Waals surface area (Å²) in [6, 6.07) is 17.6. The standard InChI is InChI=1S/C23H33F2N3O.C22H28F2N4O2.C22H33F2N3O.C21H29F2N3O2.C20H29F2N3O/c24-17-3-4-20(25)19(11-17)22-21(26)12-18(14-29-22)28-10-7-23(15-28)5-8-27(9-6-23)13-16-1-2-16;23-13-3-6-17(24)16(10-13)21-18(25)11-15(12-30-21)27-9-7-20-19(27)2-1-8-28(20)22(29)26-14-4-5-14;1-15(2)26-8-5-22(6-9-26)7-10-27(14-22)17-12-20(25)21(28-13-17)18-11-16(23)3-4-19(18)24;1-14(27)25-7-4-21(5-8-25)6-9-26(13-21)16-11-19(24)20(28-12-16)17-10-15(22)2-3-18(17)23;1-24-7-4-20(5-8-24)6-9-25(13-20)15-11-18(23)19(26-12-15)16-10-14(21)2-3-17(16)22/h3-4,11,16,18,21-22H,1-2,5-10,12-15,26H2;3,6,10,14-15,18,21H,1-2,4-5,7-9,11-12,25H2,(H,26,29);3-4,11,15,17,20-21H,5-10,12-14,25H2,1-2H3;2-3,10,16,19-20H,4-9,11-13,24H2,1H3;2-3,10,15,18-19H,4-9,11-13,23H2,1H3/t18-,21+,22-;15-,18+,21-;17-,20+,21-;16-,19+,20-;15-,18+,19-/m11111/s1. The van der Waals surface area contributed by atoms with Crippen LogP contribution < -0.4 is 34.0 Å². The van der Waals surface area contributed by atoms with E-state index in [0.717, 1.165) is 221 Å². The number of halogens is 10.